The van der Waals surface area contributed by atoms with E-state index in [4.69, 9.17) is 0 Å². The molecule has 0 radical (unpaired) electrons. The fourth-order valence-electron chi connectivity index (χ4n) is 3.51. The number of amides is 1. The van der Waals surface area contributed by atoms with Crippen LogP contribution in [0.1, 0.15) is 90.2 Å². The Bertz CT molecular complexity index is 858. The predicted molar refractivity (Wildman–Crippen MR) is 146 cm³/mol. The largest absolute Gasteiger partial charge is 0.507 e. The molecule has 0 saturated carbocycles. The molecule has 0 fully saturated rings. The van der Waals surface area contributed by atoms with Crippen LogP contribution in [0.3, 0.4) is 0 Å². The molecule has 2 aromatic rings. The topological polar surface area (TPSA) is 82.5 Å². The Balaban J connectivity index is 1.71. The lowest BCUT2D eigenvalue weighted by molar-refractivity contribution is -0.120. The normalized spacial score (nSPS) is 11.1. The second-order valence-electron chi connectivity index (χ2n) is 8.55. The van der Waals surface area contributed by atoms with E-state index in [-0.39, 0.29) is 23.8 Å². The molecule has 0 saturated heterocycles. The highest BCUT2D eigenvalue weighted by Gasteiger charge is 2.14. The third kappa shape index (κ3) is 11.4. The first-order valence-electron chi connectivity index (χ1n) is 12.6. The van der Waals surface area contributed by atoms with E-state index in [1.54, 1.807) is 23.9 Å². The van der Waals surface area contributed by atoms with Crippen LogP contribution in [0.5, 0.6) is 11.5 Å². The number of nitrogens with one attached hydrogen (secondary N) is 1. The lowest BCUT2D eigenvalue weighted by Gasteiger charge is -2.09. The highest BCUT2D eigenvalue weighted by molar-refractivity contribution is 8.01. The van der Waals surface area contributed by atoms with Crippen LogP contribution < -0.4 is 5.32 Å². The molecule has 3 N–H and O–H groups in total. The number of carbonyl (C=O) groups is 1. The summed E-state index contributed by atoms with van der Waals surface area (Å²) in [6.07, 6.45) is 14.2. The van der Waals surface area contributed by atoms with Gasteiger partial charge in [-0.25, -0.2) is 4.98 Å². The van der Waals surface area contributed by atoms with E-state index in [0.717, 1.165) is 22.9 Å². The number of carbonyl (C=O) groups excluding carboxylic acids is 1. The van der Waals surface area contributed by atoms with E-state index >= 15 is 0 Å². The van der Waals surface area contributed by atoms with E-state index in [9.17, 15) is 15.0 Å². The second kappa shape index (κ2) is 17.1. The molecule has 1 aromatic carbocycles. The zero-order chi connectivity index (χ0) is 24.6. The maximum Gasteiger partial charge on any atom is 0.226 e. The summed E-state index contributed by atoms with van der Waals surface area (Å²) in [5, 5.41) is 25.6. The minimum absolute atomic E-state index is 0.0343. The molecule has 0 atom stereocenters. The Morgan fingerprint density at radius 1 is 0.912 bits per heavy atom. The molecule has 0 spiro atoms. The molecular weight excluding hydrogens is 484 g/mol. The van der Waals surface area contributed by atoms with Crippen molar-refractivity contribution >= 4 is 40.8 Å². The maximum absolute atomic E-state index is 11.9. The highest BCUT2D eigenvalue weighted by atomic mass is 32.2. The summed E-state index contributed by atoms with van der Waals surface area (Å²) in [7, 11) is 0. The van der Waals surface area contributed by atoms with Crippen molar-refractivity contribution in [1.82, 2.24) is 10.3 Å². The van der Waals surface area contributed by atoms with Gasteiger partial charge in [-0.2, -0.15) is 0 Å². The van der Waals surface area contributed by atoms with Gasteiger partial charge in [-0.1, -0.05) is 83.4 Å². The number of thiazole rings is 1. The molecule has 0 unspecified atom stereocenters. The predicted octanol–water partition coefficient (Wildman–Crippen LogP) is 7.79. The summed E-state index contributed by atoms with van der Waals surface area (Å²) < 4.78 is 0.735. The van der Waals surface area contributed by atoms with Gasteiger partial charge in [0.2, 0.25) is 5.91 Å². The lowest BCUT2D eigenvalue weighted by atomic mass is 10.1. The van der Waals surface area contributed by atoms with Gasteiger partial charge >= 0.3 is 0 Å². The van der Waals surface area contributed by atoms with Gasteiger partial charge in [0, 0.05) is 11.9 Å². The Kier molecular flexibility index (Phi) is 14.5. The Morgan fingerprint density at radius 2 is 1.53 bits per heavy atom. The van der Waals surface area contributed by atoms with Crippen molar-refractivity contribution in [3.8, 4) is 11.5 Å². The summed E-state index contributed by atoms with van der Waals surface area (Å²) >= 11 is 4.33. The summed E-state index contributed by atoms with van der Waals surface area (Å²) in [5.74, 6) is 1.23. The van der Waals surface area contributed by atoms with Crippen molar-refractivity contribution in [3.63, 3.8) is 0 Å². The number of phenols is 2. The lowest BCUT2D eigenvalue weighted by Crippen LogP contribution is -2.25. The highest BCUT2D eigenvalue weighted by Crippen LogP contribution is 2.42. The molecular formula is C26H40N2O3S3. The zero-order valence-corrected chi connectivity index (χ0v) is 23.1. The quantitative estimate of drug-likeness (QED) is 0.105. The van der Waals surface area contributed by atoms with Gasteiger partial charge in [0.25, 0.3) is 0 Å². The number of phenolic OH excluding ortho intramolecular Hbond substituents is 2. The molecule has 0 aliphatic rings. The number of thioether (sulfide) groups is 1. The third-order valence-electron chi connectivity index (χ3n) is 5.44. The first kappa shape index (κ1) is 28.9. The van der Waals surface area contributed by atoms with E-state index in [1.165, 1.54) is 80.9 Å². The number of aromatic hydroxyl groups is 2. The molecule has 0 aliphatic carbocycles. The minimum atomic E-state index is -0.0343. The first-order valence-corrected chi connectivity index (χ1v) is 15.3. The fourth-order valence-corrected chi connectivity index (χ4v) is 6.31. The van der Waals surface area contributed by atoms with E-state index in [1.807, 2.05) is 12.3 Å². The summed E-state index contributed by atoms with van der Waals surface area (Å²) in [6.45, 7) is 4.94. The Hall–Kier alpha value is -1.38. The Morgan fingerprint density at radius 3 is 2.21 bits per heavy atom. The van der Waals surface area contributed by atoms with Gasteiger partial charge in [-0.15, -0.1) is 23.1 Å². The first-order chi connectivity index (χ1) is 16.5. The zero-order valence-electron chi connectivity index (χ0n) is 20.6. The SMILES string of the molecule is CCCCCCCCCCCCSc1cc(O)c(Sc2nc(CC(=O)NCCC)cs2)cc1O. The number of unbranched alkanes of at least 4 members (excludes halogenated alkanes) is 9. The molecule has 1 heterocycles. The molecule has 0 bridgehead atoms. The molecule has 1 amide bonds. The van der Waals surface area contributed by atoms with E-state index < -0.39 is 0 Å². The molecule has 190 valence electrons. The molecule has 5 nitrogen and oxygen atoms in total. The van der Waals surface area contributed by atoms with E-state index in [2.05, 4.69) is 17.2 Å². The number of hydrogen-bond acceptors (Lipinski definition) is 7. The summed E-state index contributed by atoms with van der Waals surface area (Å²) in [6, 6.07) is 3.25. The van der Waals surface area contributed by atoms with Gasteiger partial charge in [-0.05, 0) is 30.7 Å². The Labute approximate surface area is 217 Å². The third-order valence-corrected chi connectivity index (χ3v) is 8.60. The number of rotatable bonds is 18. The van der Waals surface area contributed by atoms with Crippen LogP contribution in [0.4, 0.5) is 0 Å². The van der Waals surface area contributed by atoms with Crippen LogP contribution in [0.15, 0.2) is 31.6 Å². The van der Waals surface area contributed by atoms with Gasteiger partial charge < -0.3 is 15.5 Å². The average molecular weight is 525 g/mol. The van der Waals surface area contributed by atoms with Crippen LogP contribution in [0.2, 0.25) is 0 Å². The standard InChI is InChI=1S/C26H40N2O3S3/c1-3-5-6-7-8-9-10-11-12-13-15-32-23-17-22(30)24(18-21(23)29)34-26-28-20(19-33-26)16-25(31)27-14-4-2/h17-19,29-30H,3-16H2,1-2H3,(H,27,31). The number of nitrogens with zero attached hydrogens (tertiary/aromatic N) is 1. The second-order valence-corrected chi connectivity index (χ2v) is 11.8. The molecule has 0 aliphatic heterocycles. The van der Waals surface area contributed by atoms with Gasteiger partial charge in [0.15, 0.2) is 4.34 Å². The van der Waals surface area contributed by atoms with Crippen molar-refractivity contribution in [3.05, 3.63) is 23.2 Å². The summed E-state index contributed by atoms with van der Waals surface area (Å²) in [5.41, 5.74) is 0.716. The van der Waals surface area contributed by atoms with Crippen molar-refractivity contribution in [2.24, 2.45) is 0 Å². The van der Waals surface area contributed by atoms with Crippen molar-refractivity contribution in [2.75, 3.05) is 12.3 Å². The smallest absolute Gasteiger partial charge is 0.226 e. The van der Waals surface area contributed by atoms with Crippen molar-refractivity contribution in [2.45, 2.75) is 105 Å². The number of aromatic nitrogens is 1. The fraction of sp³-hybridized carbons (Fsp3) is 0.615. The molecule has 1 aromatic heterocycles. The van der Waals surface area contributed by atoms with Gasteiger partial charge in [0.1, 0.15) is 11.5 Å². The number of hydrogen-bond donors (Lipinski definition) is 3. The van der Waals surface area contributed by atoms with Crippen LogP contribution in [-0.4, -0.2) is 33.4 Å². The summed E-state index contributed by atoms with van der Waals surface area (Å²) in [4.78, 5) is 17.6. The van der Waals surface area contributed by atoms with Crippen LogP contribution in [0.25, 0.3) is 0 Å². The van der Waals surface area contributed by atoms with Crippen LogP contribution >= 0.6 is 34.9 Å². The van der Waals surface area contributed by atoms with E-state index in [0.29, 0.717) is 22.0 Å². The molecule has 2 rings (SSSR count). The maximum atomic E-state index is 11.9. The molecule has 34 heavy (non-hydrogen) atoms. The van der Waals surface area contributed by atoms with Gasteiger partial charge in [-0.3, -0.25) is 4.79 Å². The van der Waals surface area contributed by atoms with Crippen LogP contribution in [0, 0.1) is 0 Å². The number of benzene rings is 1. The average Bonchev–Trinajstić information content (AvgIpc) is 3.25. The van der Waals surface area contributed by atoms with Crippen molar-refractivity contribution in [1.29, 1.82) is 0 Å². The van der Waals surface area contributed by atoms with Crippen LogP contribution in [-0.2, 0) is 11.2 Å². The van der Waals surface area contributed by atoms with Gasteiger partial charge in [0.05, 0.1) is 21.9 Å². The van der Waals surface area contributed by atoms with Crippen molar-refractivity contribution < 1.29 is 15.0 Å². The monoisotopic (exact) mass is 524 g/mol. The minimum Gasteiger partial charge on any atom is -0.507 e. The molecule has 8 heteroatoms.